The first-order valence-corrected chi connectivity index (χ1v) is 4.92. The number of benzene rings is 1. The highest BCUT2D eigenvalue weighted by atomic mass is 16.5. The topological polar surface area (TPSA) is 35.5 Å². The summed E-state index contributed by atoms with van der Waals surface area (Å²) in [5.41, 5.74) is 2.01. The molecule has 0 aromatic heterocycles. The maximum absolute atomic E-state index is 11.4. The Morgan fingerprint density at radius 1 is 1.38 bits per heavy atom. The summed E-state index contributed by atoms with van der Waals surface area (Å²) < 4.78 is 10.1. The summed E-state index contributed by atoms with van der Waals surface area (Å²) in [6.45, 7) is 3.87. The van der Waals surface area contributed by atoms with E-state index >= 15 is 0 Å². The van der Waals surface area contributed by atoms with Crippen LogP contribution in [0.3, 0.4) is 0 Å². The second-order valence-corrected chi connectivity index (χ2v) is 3.48. The first kappa shape index (κ1) is 10.5. The number of carbonyl (C=O) groups is 1. The van der Waals surface area contributed by atoms with Crippen molar-refractivity contribution in [2.75, 3.05) is 7.11 Å². The van der Waals surface area contributed by atoms with Crippen molar-refractivity contribution in [3.05, 3.63) is 59.9 Å². The Hall–Kier alpha value is -2.03. The summed E-state index contributed by atoms with van der Waals surface area (Å²) in [6.07, 6.45) is 1.13. The van der Waals surface area contributed by atoms with E-state index in [1.807, 2.05) is 30.3 Å². The smallest absolute Gasteiger partial charge is 0.341 e. The zero-order chi connectivity index (χ0) is 11.5. The van der Waals surface area contributed by atoms with Crippen LogP contribution in [0.15, 0.2) is 54.3 Å². The van der Waals surface area contributed by atoms with E-state index < -0.39 is 5.97 Å². The molecule has 0 saturated carbocycles. The quantitative estimate of drug-likeness (QED) is 0.712. The van der Waals surface area contributed by atoms with Crippen molar-refractivity contribution in [3.8, 4) is 0 Å². The molecule has 0 bridgehead atoms. The number of methoxy groups -OCH3 is 1. The number of hydrogen-bond donors (Lipinski definition) is 0. The minimum Gasteiger partial charge on any atom is -0.488 e. The van der Waals surface area contributed by atoms with Crippen molar-refractivity contribution in [2.45, 2.75) is 6.10 Å². The molecule has 1 aliphatic rings. The first-order valence-electron chi connectivity index (χ1n) is 4.92. The molecule has 0 spiro atoms. The van der Waals surface area contributed by atoms with Crippen LogP contribution in [-0.4, -0.2) is 13.1 Å². The third-order valence-corrected chi connectivity index (χ3v) is 2.49. The average Bonchev–Trinajstić information content (AvgIpc) is 2.71. The normalized spacial score (nSPS) is 18.9. The van der Waals surface area contributed by atoms with Gasteiger partial charge in [-0.2, -0.15) is 0 Å². The molecule has 1 aromatic carbocycles. The summed E-state index contributed by atoms with van der Waals surface area (Å²) in [4.78, 5) is 11.4. The maximum atomic E-state index is 11.4. The Morgan fingerprint density at radius 3 is 2.69 bits per heavy atom. The van der Waals surface area contributed by atoms with Crippen molar-refractivity contribution in [1.29, 1.82) is 0 Å². The third-order valence-electron chi connectivity index (χ3n) is 2.49. The van der Waals surface area contributed by atoms with E-state index in [0.29, 0.717) is 11.1 Å². The third kappa shape index (κ3) is 1.72. The largest absolute Gasteiger partial charge is 0.488 e. The second kappa shape index (κ2) is 4.23. The van der Waals surface area contributed by atoms with Gasteiger partial charge in [-0.1, -0.05) is 36.9 Å². The van der Waals surface area contributed by atoms with E-state index in [4.69, 9.17) is 4.74 Å². The predicted molar refractivity (Wildman–Crippen MR) is 59.5 cm³/mol. The molecule has 3 nitrogen and oxygen atoms in total. The van der Waals surface area contributed by atoms with Gasteiger partial charge in [0, 0.05) is 5.57 Å². The molecule has 1 aliphatic heterocycles. The fraction of sp³-hybridized carbons (Fsp3) is 0.154. The lowest BCUT2D eigenvalue weighted by Crippen LogP contribution is -2.07. The van der Waals surface area contributed by atoms with Gasteiger partial charge in [0.25, 0.3) is 0 Å². The molecule has 1 aromatic rings. The van der Waals surface area contributed by atoms with Crippen LogP contribution in [0.5, 0.6) is 0 Å². The van der Waals surface area contributed by atoms with Crippen molar-refractivity contribution in [1.82, 2.24) is 0 Å². The number of hydrogen-bond acceptors (Lipinski definition) is 3. The zero-order valence-corrected chi connectivity index (χ0v) is 8.97. The summed E-state index contributed by atoms with van der Waals surface area (Å²) in [5, 5.41) is 0. The lowest BCUT2D eigenvalue weighted by Gasteiger charge is -2.12. The molecule has 2 rings (SSSR count). The van der Waals surface area contributed by atoms with Gasteiger partial charge >= 0.3 is 5.97 Å². The van der Waals surface area contributed by atoms with Crippen LogP contribution < -0.4 is 0 Å². The average molecular weight is 216 g/mol. The molecule has 3 heteroatoms. The Kier molecular flexibility index (Phi) is 2.77. The van der Waals surface area contributed by atoms with E-state index in [9.17, 15) is 4.79 Å². The Balaban J connectivity index is 2.20. The Bertz CT molecular complexity index is 446. The van der Waals surface area contributed by atoms with E-state index in [1.54, 1.807) is 0 Å². The summed E-state index contributed by atoms with van der Waals surface area (Å²) in [7, 11) is 1.34. The number of rotatable bonds is 2. The molecule has 0 saturated heterocycles. The van der Waals surface area contributed by atoms with Gasteiger partial charge in [0.2, 0.25) is 0 Å². The SMILES string of the molecule is C=C1C(C(=O)OC)=COC1c1ccccc1. The van der Waals surface area contributed by atoms with E-state index in [1.165, 1.54) is 13.4 Å². The van der Waals surface area contributed by atoms with Gasteiger partial charge in [-0.05, 0) is 5.56 Å². The van der Waals surface area contributed by atoms with Crippen LogP contribution in [0, 0.1) is 0 Å². The van der Waals surface area contributed by atoms with E-state index in [0.717, 1.165) is 5.56 Å². The van der Waals surface area contributed by atoms with Gasteiger partial charge < -0.3 is 9.47 Å². The van der Waals surface area contributed by atoms with Crippen LogP contribution >= 0.6 is 0 Å². The fourth-order valence-corrected chi connectivity index (χ4v) is 1.63. The molecule has 82 valence electrons. The molecule has 1 heterocycles. The lowest BCUT2D eigenvalue weighted by molar-refractivity contribution is -0.135. The zero-order valence-electron chi connectivity index (χ0n) is 8.97. The molecule has 0 aliphatic carbocycles. The van der Waals surface area contributed by atoms with Gasteiger partial charge in [-0.3, -0.25) is 0 Å². The van der Waals surface area contributed by atoms with Crippen molar-refractivity contribution >= 4 is 5.97 Å². The van der Waals surface area contributed by atoms with Gasteiger partial charge in [0.05, 0.1) is 13.4 Å². The molecular weight excluding hydrogens is 204 g/mol. The van der Waals surface area contributed by atoms with Crippen molar-refractivity contribution in [3.63, 3.8) is 0 Å². The van der Waals surface area contributed by atoms with Crippen LogP contribution in [0.2, 0.25) is 0 Å². The molecule has 0 N–H and O–H groups in total. The molecule has 1 unspecified atom stereocenters. The fourth-order valence-electron chi connectivity index (χ4n) is 1.63. The van der Waals surface area contributed by atoms with Gasteiger partial charge in [0.1, 0.15) is 11.7 Å². The highest BCUT2D eigenvalue weighted by molar-refractivity contribution is 5.93. The highest BCUT2D eigenvalue weighted by Gasteiger charge is 2.29. The van der Waals surface area contributed by atoms with E-state index in [2.05, 4.69) is 11.3 Å². The molecule has 1 atom stereocenters. The number of ether oxygens (including phenoxy) is 2. The highest BCUT2D eigenvalue weighted by Crippen LogP contribution is 2.35. The minimum atomic E-state index is -0.413. The number of carbonyl (C=O) groups excluding carboxylic acids is 1. The first-order chi connectivity index (χ1) is 7.74. The minimum absolute atomic E-state index is 0.282. The predicted octanol–water partition coefficient (Wildman–Crippen LogP) is 2.37. The Labute approximate surface area is 94.0 Å². The summed E-state index contributed by atoms with van der Waals surface area (Å²) in [6, 6.07) is 9.63. The van der Waals surface area contributed by atoms with E-state index in [-0.39, 0.29) is 6.10 Å². The summed E-state index contributed by atoms with van der Waals surface area (Å²) in [5.74, 6) is -0.413. The summed E-state index contributed by atoms with van der Waals surface area (Å²) >= 11 is 0. The van der Waals surface area contributed by atoms with Gasteiger partial charge in [0.15, 0.2) is 0 Å². The second-order valence-electron chi connectivity index (χ2n) is 3.48. The Morgan fingerprint density at radius 2 is 2.06 bits per heavy atom. The lowest BCUT2D eigenvalue weighted by atomic mass is 9.99. The van der Waals surface area contributed by atoms with Crippen LogP contribution in [0.4, 0.5) is 0 Å². The number of esters is 1. The monoisotopic (exact) mass is 216 g/mol. The van der Waals surface area contributed by atoms with Crippen LogP contribution in [0.25, 0.3) is 0 Å². The molecule has 0 amide bonds. The van der Waals surface area contributed by atoms with Crippen molar-refractivity contribution in [2.24, 2.45) is 0 Å². The van der Waals surface area contributed by atoms with Crippen LogP contribution in [0.1, 0.15) is 11.7 Å². The molecule has 0 fully saturated rings. The van der Waals surface area contributed by atoms with Crippen molar-refractivity contribution < 1.29 is 14.3 Å². The van der Waals surface area contributed by atoms with Crippen LogP contribution in [-0.2, 0) is 14.3 Å². The van der Waals surface area contributed by atoms with Gasteiger partial charge in [-0.25, -0.2) is 4.79 Å². The maximum Gasteiger partial charge on any atom is 0.341 e. The van der Waals surface area contributed by atoms with Gasteiger partial charge in [-0.15, -0.1) is 0 Å². The standard InChI is InChI=1S/C13H12O3/c1-9-11(13(14)15-2)8-16-12(9)10-6-4-3-5-7-10/h3-8,12H,1H2,2H3. The molecular formula is C13H12O3. The molecule has 16 heavy (non-hydrogen) atoms. The molecule has 0 radical (unpaired) electrons.